The number of carbonyl (C=O) groups is 1. The predicted molar refractivity (Wildman–Crippen MR) is 120 cm³/mol. The zero-order valence-electron chi connectivity index (χ0n) is 17.8. The van der Waals surface area contributed by atoms with Crippen LogP contribution in [0, 0.1) is 0 Å². The third-order valence-electron chi connectivity index (χ3n) is 5.79. The smallest absolute Gasteiger partial charge is 0.233 e. The lowest BCUT2D eigenvalue weighted by atomic mass is 10.1. The van der Waals surface area contributed by atoms with Crippen molar-refractivity contribution in [3.8, 4) is 22.8 Å². The van der Waals surface area contributed by atoms with Gasteiger partial charge in [0.2, 0.25) is 11.9 Å². The van der Waals surface area contributed by atoms with Gasteiger partial charge in [0.25, 0.3) is 0 Å². The lowest BCUT2D eigenvalue weighted by molar-refractivity contribution is -0.117. The van der Waals surface area contributed by atoms with E-state index in [1.807, 2.05) is 36.4 Å². The van der Waals surface area contributed by atoms with Gasteiger partial charge >= 0.3 is 0 Å². The van der Waals surface area contributed by atoms with E-state index in [4.69, 9.17) is 19.4 Å². The van der Waals surface area contributed by atoms with Crippen molar-refractivity contribution in [3.63, 3.8) is 0 Å². The molecule has 1 fully saturated rings. The number of methoxy groups -OCH3 is 1. The summed E-state index contributed by atoms with van der Waals surface area (Å²) < 4.78 is 10.7. The van der Waals surface area contributed by atoms with Crippen LogP contribution < -0.4 is 14.5 Å². The van der Waals surface area contributed by atoms with Gasteiger partial charge in [-0.05, 0) is 42.0 Å². The number of hydrogen-bond acceptors (Lipinski definition) is 7. The molecule has 1 N–H and O–H groups in total. The second kappa shape index (κ2) is 8.47. The molecule has 2 aromatic carbocycles. The molecule has 0 saturated carbocycles. The number of phenolic OH excluding ortho intramolecular Hbond substituents is 1. The molecule has 1 aromatic heterocycles. The number of benzene rings is 2. The summed E-state index contributed by atoms with van der Waals surface area (Å²) in [5.74, 6) is 2.18. The maximum Gasteiger partial charge on any atom is 0.233 e. The van der Waals surface area contributed by atoms with Gasteiger partial charge in [-0.15, -0.1) is 0 Å². The number of phenols is 1. The van der Waals surface area contributed by atoms with Gasteiger partial charge in [-0.2, -0.15) is 4.98 Å². The molecule has 3 aromatic rings. The number of fused-ring (bicyclic) bond motifs is 1. The van der Waals surface area contributed by atoms with Crippen LogP contribution in [0.4, 0.5) is 11.8 Å². The molecule has 0 bridgehead atoms. The summed E-state index contributed by atoms with van der Waals surface area (Å²) in [6.07, 6.45) is 0.241. The molecule has 164 valence electrons. The quantitative estimate of drug-likeness (QED) is 0.663. The number of ether oxygens (including phenoxy) is 2. The van der Waals surface area contributed by atoms with E-state index in [2.05, 4.69) is 4.90 Å². The number of nitrogens with zero attached hydrogens (tertiary/aromatic N) is 4. The maximum absolute atomic E-state index is 13.0. The van der Waals surface area contributed by atoms with Crippen LogP contribution in [-0.4, -0.2) is 54.4 Å². The Hall–Kier alpha value is -3.65. The van der Waals surface area contributed by atoms with Crippen LogP contribution in [0.25, 0.3) is 11.3 Å². The summed E-state index contributed by atoms with van der Waals surface area (Å²) in [7, 11) is 1.63. The largest absolute Gasteiger partial charge is 0.508 e. The molecular weight excluding hydrogens is 408 g/mol. The fourth-order valence-corrected chi connectivity index (χ4v) is 4.05. The van der Waals surface area contributed by atoms with Crippen LogP contribution in [0.5, 0.6) is 11.5 Å². The minimum absolute atomic E-state index is 0.00993. The van der Waals surface area contributed by atoms with Crippen molar-refractivity contribution in [2.75, 3.05) is 43.2 Å². The van der Waals surface area contributed by atoms with E-state index < -0.39 is 0 Å². The molecule has 0 atom stereocenters. The third-order valence-corrected chi connectivity index (χ3v) is 5.79. The van der Waals surface area contributed by atoms with Gasteiger partial charge in [-0.25, -0.2) is 4.98 Å². The van der Waals surface area contributed by atoms with Crippen molar-refractivity contribution in [2.24, 2.45) is 0 Å². The fraction of sp³-hybridized carbons (Fsp3) is 0.292. The van der Waals surface area contributed by atoms with Crippen molar-refractivity contribution in [1.29, 1.82) is 0 Å². The number of hydrogen-bond donors (Lipinski definition) is 1. The fourth-order valence-electron chi connectivity index (χ4n) is 4.05. The van der Waals surface area contributed by atoms with Gasteiger partial charge in [0.15, 0.2) is 0 Å². The minimum atomic E-state index is -0.00993. The van der Waals surface area contributed by atoms with Crippen LogP contribution in [0.2, 0.25) is 0 Å². The predicted octanol–water partition coefficient (Wildman–Crippen LogP) is 2.78. The summed E-state index contributed by atoms with van der Waals surface area (Å²) in [6.45, 7) is 3.04. The summed E-state index contributed by atoms with van der Waals surface area (Å²) in [5, 5.41) is 9.71. The van der Waals surface area contributed by atoms with E-state index in [0.29, 0.717) is 44.6 Å². The average molecular weight is 432 g/mol. The zero-order chi connectivity index (χ0) is 22.1. The molecule has 8 nitrogen and oxygen atoms in total. The first kappa shape index (κ1) is 20.3. The van der Waals surface area contributed by atoms with Gasteiger partial charge in [0.1, 0.15) is 17.3 Å². The Labute approximate surface area is 186 Å². The number of morpholine rings is 1. The molecule has 2 aliphatic rings. The molecule has 8 heteroatoms. The van der Waals surface area contributed by atoms with Crippen molar-refractivity contribution in [3.05, 3.63) is 59.7 Å². The molecule has 0 radical (unpaired) electrons. The Morgan fingerprint density at radius 1 is 1.03 bits per heavy atom. The van der Waals surface area contributed by atoms with Crippen LogP contribution in [0.3, 0.4) is 0 Å². The minimum Gasteiger partial charge on any atom is -0.508 e. The standard InChI is InChI=1S/C24H24N4O4/c1-31-19-8-2-16(3-9-19)15-28-21(30)14-20-22(17-4-6-18(29)7-5-17)25-24(26-23(20)28)27-10-12-32-13-11-27/h2-9,29H,10-15H2,1H3. The molecule has 0 aliphatic carbocycles. The van der Waals surface area contributed by atoms with Crippen LogP contribution in [-0.2, 0) is 22.5 Å². The molecule has 3 heterocycles. The van der Waals surface area contributed by atoms with Crippen LogP contribution >= 0.6 is 0 Å². The van der Waals surface area contributed by atoms with E-state index >= 15 is 0 Å². The number of aromatic nitrogens is 2. The maximum atomic E-state index is 13.0. The van der Waals surface area contributed by atoms with E-state index in [9.17, 15) is 9.90 Å². The Bertz CT molecular complexity index is 1130. The second-order valence-corrected chi connectivity index (χ2v) is 7.83. The molecule has 5 rings (SSSR count). The molecule has 0 spiro atoms. The number of carbonyl (C=O) groups excluding carboxylic acids is 1. The highest BCUT2D eigenvalue weighted by Gasteiger charge is 2.34. The monoisotopic (exact) mass is 432 g/mol. The second-order valence-electron chi connectivity index (χ2n) is 7.83. The molecule has 1 amide bonds. The first-order valence-electron chi connectivity index (χ1n) is 10.6. The number of anilines is 2. The Kier molecular flexibility index (Phi) is 5.36. The van der Waals surface area contributed by atoms with Crippen molar-refractivity contribution < 1.29 is 19.4 Å². The van der Waals surface area contributed by atoms with Crippen molar-refractivity contribution in [2.45, 2.75) is 13.0 Å². The molecule has 1 saturated heterocycles. The molecular formula is C24H24N4O4. The Balaban J connectivity index is 1.57. The first-order chi connectivity index (χ1) is 15.6. The third kappa shape index (κ3) is 3.85. The first-order valence-corrected chi connectivity index (χ1v) is 10.6. The Morgan fingerprint density at radius 2 is 1.75 bits per heavy atom. The lowest BCUT2D eigenvalue weighted by Crippen LogP contribution is -2.37. The number of rotatable bonds is 5. The van der Waals surface area contributed by atoms with Gasteiger partial charge in [-0.1, -0.05) is 12.1 Å². The van der Waals surface area contributed by atoms with E-state index in [-0.39, 0.29) is 18.1 Å². The van der Waals surface area contributed by atoms with E-state index in [1.165, 1.54) is 0 Å². The normalized spacial score (nSPS) is 15.7. The highest BCUT2D eigenvalue weighted by Crippen LogP contribution is 2.37. The van der Waals surface area contributed by atoms with Crippen molar-refractivity contribution in [1.82, 2.24) is 9.97 Å². The average Bonchev–Trinajstić information content (AvgIpc) is 3.15. The van der Waals surface area contributed by atoms with Crippen molar-refractivity contribution >= 4 is 17.7 Å². The highest BCUT2D eigenvalue weighted by molar-refractivity contribution is 6.02. The summed E-state index contributed by atoms with van der Waals surface area (Å²) in [6, 6.07) is 14.6. The summed E-state index contributed by atoms with van der Waals surface area (Å²) >= 11 is 0. The van der Waals surface area contributed by atoms with E-state index in [0.717, 1.165) is 28.1 Å². The topological polar surface area (TPSA) is 88.0 Å². The van der Waals surface area contributed by atoms with Gasteiger partial charge in [-0.3, -0.25) is 9.69 Å². The molecule has 32 heavy (non-hydrogen) atoms. The lowest BCUT2D eigenvalue weighted by Gasteiger charge is -2.28. The Morgan fingerprint density at radius 3 is 2.44 bits per heavy atom. The molecule has 0 unspecified atom stereocenters. The summed E-state index contributed by atoms with van der Waals surface area (Å²) in [5.41, 5.74) is 3.37. The van der Waals surface area contributed by atoms with Gasteiger partial charge in [0.05, 0.1) is 39.0 Å². The van der Waals surface area contributed by atoms with Crippen LogP contribution in [0.1, 0.15) is 11.1 Å². The molecule has 2 aliphatic heterocycles. The number of amides is 1. The van der Waals surface area contributed by atoms with Gasteiger partial charge < -0.3 is 19.5 Å². The van der Waals surface area contributed by atoms with E-state index in [1.54, 1.807) is 24.1 Å². The highest BCUT2D eigenvalue weighted by atomic mass is 16.5. The summed E-state index contributed by atoms with van der Waals surface area (Å²) in [4.78, 5) is 26.5. The van der Waals surface area contributed by atoms with Crippen LogP contribution in [0.15, 0.2) is 48.5 Å². The zero-order valence-corrected chi connectivity index (χ0v) is 17.8. The van der Waals surface area contributed by atoms with Gasteiger partial charge in [0, 0.05) is 24.2 Å². The SMILES string of the molecule is COc1ccc(CN2C(=O)Cc3c(-c4ccc(O)cc4)nc(N4CCOCC4)nc32)cc1. The number of aromatic hydroxyl groups is 1.